The van der Waals surface area contributed by atoms with Crippen LogP contribution < -0.4 is 24.0 Å². The number of carbonyl (C=O) groups excluding carboxylic acids is 1. The highest BCUT2D eigenvalue weighted by atomic mass is 32.1. The van der Waals surface area contributed by atoms with E-state index in [0.717, 1.165) is 21.0 Å². The fourth-order valence-corrected chi connectivity index (χ4v) is 5.08. The normalized spacial score (nSPS) is 11.2. The molecule has 5 aromatic rings. The van der Waals surface area contributed by atoms with Crippen LogP contribution in [0.1, 0.15) is 15.9 Å². The molecule has 1 heterocycles. The summed E-state index contributed by atoms with van der Waals surface area (Å²) in [5, 5.41) is 8.15. The zero-order valence-corrected chi connectivity index (χ0v) is 22.1. The number of hydrogen-bond donors (Lipinski definition) is 0. The molecule has 0 bridgehead atoms. The van der Waals surface area contributed by atoms with Crippen LogP contribution in [0.2, 0.25) is 0 Å². The summed E-state index contributed by atoms with van der Waals surface area (Å²) in [6, 6.07) is 22.5. The van der Waals surface area contributed by atoms with Crippen LogP contribution in [0.15, 0.2) is 77.9 Å². The van der Waals surface area contributed by atoms with Gasteiger partial charge in [-0.15, -0.1) is 0 Å². The summed E-state index contributed by atoms with van der Waals surface area (Å²) in [7, 11) is 6.25. The molecule has 9 heteroatoms. The largest absolute Gasteiger partial charge is 0.497 e. The Kier molecular flexibility index (Phi) is 7.10. The summed E-state index contributed by atoms with van der Waals surface area (Å²) in [6.07, 6.45) is 1.57. The molecule has 1 amide bonds. The number of thiazole rings is 1. The highest BCUT2D eigenvalue weighted by Crippen LogP contribution is 2.38. The molecular formula is C29H25N3O5S. The lowest BCUT2D eigenvalue weighted by molar-refractivity contribution is 0.0989. The van der Waals surface area contributed by atoms with Crippen molar-refractivity contribution < 1.29 is 23.7 Å². The van der Waals surface area contributed by atoms with Gasteiger partial charge in [-0.1, -0.05) is 47.7 Å². The van der Waals surface area contributed by atoms with Crippen LogP contribution >= 0.6 is 11.3 Å². The van der Waals surface area contributed by atoms with E-state index >= 15 is 0 Å². The number of methoxy groups -OCH3 is 4. The third kappa shape index (κ3) is 4.71. The molecule has 0 saturated heterocycles. The first-order valence-corrected chi connectivity index (χ1v) is 12.5. The number of nitrogens with zero attached hydrogens (tertiary/aromatic N) is 3. The molecule has 192 valence electrons. The van der Waals surface area contributed by atoms with E-state index in [1.807, 2.05) is 54.6 Å². The Balaban J connectivity index is 1.63. The lowest BCUT2D eigenvalue weighted by Gasteiger charge is -2.16. The van der Waals surface area contributed by atoms with E-state index in [2.05, 4.69) is 5.10 Å². The maximum absolute atomic E-state index is 14.0. The quantitative estimate of drug-likeness (QED) is 0.177. The van der Waals surface area contributed by atoms with E-state index in [0.29, 0.717) is 39.3 Å². The van der Waals surface area contributed by atoms with Crippen LogP contribution in [0.5, 0.6) is 23.0 Å². The van der Waals surface area contributed by atoms with Crippen molar-refractivity contribution in [2.45, 2.75) is 0 Å². The highest BCUT2D eigenvalue weighted by molar-refractivity contribution is 7.22. The van der Waals surface area contributed by atoms with Crippen molar-refractivity contribution in [3.8, 4) is 23.0 Å². The van der Waals surface area contributed by atoms with Crippen LogP contribution in [-0.2, 0) is 0 Å². The van der Waals surface area contributed by atoms with Crippen LogP contribution in [0.4, 0.5) is 5.13 Å². The number of aromatic nitrogens is 1. The summed E-state index contributed by atoms with van der Waals surface area (Å²) in [4.78, 5) is 18.7. The van der Waals surface area contributed by atoms with Crippen molar-refractivity contribution in [2.75, 3.05) is 33.4 Å². The topological polar surface area (TPSA) is 82.5 Å². The van der Waals surface area contributed by atoms with E-state index in [-0.39, 0.29) is 5.91 Å². The number of hydrogen-bond acceptors (Lipinski definition) is 8. The maximum Gasteiger partial charge on any atom is 0.281 e. The minimum Gasteiger partial charge on any atom is -0.497 e. The average molecular weight is 528 g/mol. The first-order valence-electron chi connectivity index (χ1n) is 11.7. The Morgan fingerprint density at radius 3 is 2.32 bits per heavy atom. The fourth-order valence-electron chi connectivity index (χ4n) is 4.13. The summed E-state index contributed by atoms with van der Waals surface area (Å²) in [6.45, 7) is 0. The number of rotatable bonds is 8. The van der Waals surface area contributed by atoms with Crippen molar-refractivity contribution in [2.24, 2.45) is 5.10 Å². The number of ether oxygens (including phenoxy) is 4. The zero-order valence-electron chi connectivity index (χ0n) is 21.3. The van der Waals surface area contributed by atoms with Crippen LogP contribution in [0.25, 0.3) is 21.0 Å². The third-order valence-electron chi connectivity index (χ3n) is 5.99. The Morgan fingerprint density at radius 2 is 1.61 bits per heavy atom. The van der Waals surface area contributed by atoms with Crippen molar-refractivity contribution in [1.29, 1.82) is 0 Å². The highest BCUT2D eigenvalue weighted by Gasteiger charge is 2.23. The first-order chi connectivity index (χ1) is 18.6. The van der Waals surface area contributed by atoms with Crippen molar-refractivity contribution in [3.05, 3.63) is 83.9 Å². The van der Waals surface area contributed by atoms with Gasteiger partial charge in [-0.2, -0.15) is 10.1 Å². The van der Waals surface area contributed by atoms with Crippen LogP contribution in [-0.4, -0.2) is 45.5 Å². The average Bonchev–Trinajstić information content (AvgIpc) is 3.39. The number of amides is 1. The Morgan fingerprint density at radius 1 is 0.868 bits per heavy atom. The molecule has 0 spiro atoms. The smallest absolute Gasteiger partial charge is 0.281 e. The van der Waals surface area contributed by atoms with Crippen LogP contribution in [0.3, 0.4) is 0 Å². The molecule has 1 aromatic heterocycles. The van der Waals surface area contributed by atoms with E-state index in [1.165, 1.54) is 16.3 Å². The van der Waals surface area contributed by atoms with E-state index in [4.69, 9.17) is 23.9 Å². The second-order valence-electron chi connectivity index (χ2n) is 8.18. The SMILES string of the molecule is COc1ccc2nc(N(/N=C/c3cc(OC)c(OC)c(OC)c3)C(=O)c3cccc4ccccc34)sc2c1. The number of benzene rings is 4. The zero-order chi connectivity index (χ0) is 26.6. The van der Waals surface area contributed by atoms with Gasteiger partial charge in [0, 0.05) is 11.1 Å². The molecule has 0 N–H and O–H groups in total. The van der Waals surface area contributed by atoms with Crippen molar-refractivity contribution >= 4 is 49.6 Å². The minimum absolute atomic E-state index is 0.309. The molecule has 0 aliphatic heterocycles. The second-order valence-corrected chi connectivity index (χ2v) is 9.19. The van der Waals surface area contributed by atoms with Gasteiger partial charge in [0.1, 0.15) is 5.75 Å². The summed E-state index contributed by atoms with van der Waals surface area (Å²) >= 11 is 1.35. The predicted molar refractivity (Wildman–Crippen MR) is 151 cm³/mol. The molecule has 5 rings (SSSR count). The molecule has 0 unspecified atom stereocenters. The van der Waals surface area contributed by atoms with Crippen molar-refractivity contribution in [3.63, 3.8) is 0 Å². The molecule has 0 fully saturated rings. The number of fused-ring (bicyclic) bond motifs is 2. The molecule has 0 saturated carbocycles. The predicted octanol–water partition coefficient (Wildman–Crippen LogP) is 6.16. The number of anilines is 1. The molecular weight excluding hydrogens is 502 g/mol. The summed E-state index contributed by atoms with van der Waals surface area (Å²) in [5.74, 6) is 1.83. The molecule has 0 atom stereocenters. The lowest BCUT2D eigenvalue weighted by atomic mass is 10.0. The van der Waals surface area contributed by atoms with Gasteiger partial charge in [0.25, 0.3) is 5.91 Å². The Labute approximate surface area is 223 Å². The van der Waals surface area contributed by atoms with Gasteiger partial charge in [0.2, 0.25) is 10.9 Å². The molecule has 0 aliphatic rings. The van der Waals surface area contributed by atoms with Crippen molar-refractivity contribution in [1.82, 2.24) is 4.98 Å². The molecule has 8 nitrogen and oxygen atoms in total. The second kappa shape index (κ2) is 10.8. The fraction of sp³-hybridized carbons (Fsp3) is 0.138. The van der Waals surface area contributed by atoms with Gasteiger partial charge in [0.05, 0.1) is 44.9 Å². The van der Waals surface area contributed by atoms with Crippen LogP contribution in [0, 0.1) is 0 Å². The van der Waals surface area contributed by atoms with Gasteiger partial charge in [-0.3, -0.25) is 4.79 Å². The van der Waals surface area contributed by atoms with E-state index in [1.54, 1.807) is 52.9 Å². The van der Waals surface area contributed by atoms with Gasteiger partial charge in [0.15, 0.2) is 11.5 Å². The van der Waals surface area contributed by atoms with E-state index < -0.39 is 0 Å². The lowest BCUT2D eigenvalue weighted by Crippen LogP contribution is -2.25. The first kappa shape index (κ1) is 25.0. The van der Waals surface area contributed by atoms with Gasteiger partial charge >= 0.3 is 0 Å². The summed E-state index contributed by atoms with van der Waals surface area (Å²) in [5.41, 5.74) is 1.91. The molecule has 4 aromatic carbocycles. The van der Waals surface area contributed by atoms with Gasteiger partial charge in [-0.25, -0.2) is 4.98 Å². The molecule has 38 heavy (non-hydrogen) atoms. The standard InChI is InChI=1S/C29H25N3O5S/c1-34-20-12-13-23-26(16-20)38-29(31-23)32(28(33)22-11-7-9-19-8-5-6-10-21(19)22)30-17-18-14-24(35-2)27(37-4)25(15-18)36-3/h5-17H,1-4H3/b30-17+. The number of hydrazone groups is 1. The molecule has 0 radical (unpaired) electrons. The van der Waals surface area contributed by atoms with Gasteiger partial charge < -0.3 is 18.9 Å². The maximum atomic E-state index is 14.0. The van der Waals surface area contributed by atoms with E-state index in [9.17, 15) is 4.79 Å². The number of carbonyl (C=O) groups is 1. The Hall–Kier alpha value is -4.63. The van der Waals surface area contributed by atoms with Gasteiger partial charge in [-0.05, 0) is 47.2 Å². The summed E-state index contributed by atoms with van der Waals surface area (Å²) < 4.78 is 22.6. The molecule has 0 aliphatic carbocycles. The third-order valence-corrected chi connectivity index (χ3v) is 6.98. The monoisotopic (exact) mass is 527 g/mol. The Bertz CT molecular complexity index is 1630. The minimum atomic E-state index is -0.309.